The van der Waals surface area contributed by atoms with E-state index in [2.05, 4.69) is 12.2 Å². The molecule has 0 radical (unpaired) electrons. The molecule has 2 unspecified atom stereocenters. The topological polar surface area (TPSA) is 21.3 Å². The summed E-state index contributed by atoms with van der Waals surface area (Å²) in [6.07, 6.45) is 1.49. The lowest BCUT2D eigenvalue weighted by molar-refractivity contribution is 0.105. The summed E-state index contributed by atoms with van der Waals surface area (Å²) in [6.45, 7) is 4.73. The van der Waals surface area contributed by atoms with Gasteiger partial charge >= 0.3 is 0 Å². The van der Waals surface area contributed by atoms with Crippen LogP contribution in [0.4, 0.5) is 0 Å². The lowest BCUT2D eigenvalue weighted by Crippen LogP contribution is -2.26. The van der Waals surface area contributed by atoms with Gasteiger partial charge in [-0.15, -0.1) is 0 Å². The number of hydrogen-bond acceptors (Lipinski definition) is 2. The lowest BCUT2D eigenvalue weighted by Gasteiger charge is -2.15. The Morgan fingerprint density at radius 3 is 2.94 bits per heavy atom. The highest BCUT2D eigenvalue weighted by Crippen LogP contribution is 2.25. The second kappa shape index (κ2) is 6.05. The van der Waals surface area contributed by atoms with Gasteiger partial charge in [0, 0.05) is 19.7 Å². The Morgan fingerprint density at radius 1 is 1.41 bits per heavy atom. The van der Waals surface area contributed by atoms with Crippen molar-refractivity contribution in [2.24, 2.45) is 5.92 Å². The van der Waals surface area contributed by atoms with Crippen molar-refractivity contribution >= 4 is 23.2 Å². The molecule has 0 spiro atoms. The Labute approximate surface area is 112 Å². The molecule has 1 aromatic rings. The average Bonchev–Trinajstić information content (AvgIpc) is 2.71. The van der Waals surface area contributed by atoms with Gasteiger partial charge in [-0.2, -0.15) is 0 Å². The zero-order valence-electron chi connectivity index (χ0n) is 9.88. The number of benzene rings is 1. The molecule has 0 aromatic heterocycles. The monoisotopic (exact) mass is 273 g/mol. The van der Waals surface area contributed by atoms with Crippen LogP contribution in [0.25, 0.3) is 0 Å². The molecular formula is C13H17Cl2NO. The zero-order valence-corrected chi connectivity index (χ0v) is 11.4. The molecular weight excluding hydrogens is 257 g/mol. The largest absolute Gasteiger partial charge is 0.378 e. The van der Waals surface area contributed by atoms with E-state index in [-0.39, 0.29) is 0 Å². The zero-order chi connectivity index (χ0) is 12.3. The Bertz CT molecular complexity index is 384. The summed E-state index contributed by atoms with van der Waals surface area (Å²) in [5.41, 5.74) is 1.05. The van der Waals surface area contributed by atoms with Gasteiger partial charge in [0.1, 0.15) is 0 Å². The highest BCUT2D eigenvalue weighted by Gasteiger charge is 2.23. The maximum atomic E-state index is 6.12. The summed E-state index contributed by atoms with van der Waals surface area (Å²) in [5, 5.41) is 4.68. The fourth-order valence-electron chi connectivity index (χ4n) is 2.12. The van der Waals surface area contributed by atoms with Crippen LogP contribution in [-0.4, -0.2) is 19.3 Å². The van der Waals surface area contributed by atoms with Crippen LogP contribution in [0.15, 0.2) is 18.2 Å². The SMILES string of the molecule is CC1OCCC1CNCc1cccc(Cl)c1Cl. The van der Waals surface area contributed by atoms with Crippen LogP contribution in [0, 0.1) is 5.92 Å². The highest BCUT2D eigenvalue weighted by molar-refractivity contribution is 6.42. The molecule has 2 rings (SSSR count). The van der Waals surface area contributed by atoms with Gasteiger partial charge in [-0.1, -0.05) is 35.3 Å². The first-order chi connectivity index (χ1) is 8.18. The van der Waals surface area contributed by atoms with Crippen LogP contribution < -0.4 is 5.32 Å². The number of nitrogens with one attached hydrogen (secondary N) is 1. The van der Waals surface area contributed by atoms with Gasteiger partial charge in [0.15, 0.2) is 0 Å². The van der Waals surface area contributed by atoms with E-state index in [9.17, 15) is 0 Å². The summed E-state index contributed by atoms with van der Waals surface area (Å²) in [5.74, 6) is 0.605. The van der Waals surface area contributed by atoms with Crippen molar-refractivity contribution in [3.05, 3.63) is 33.8 Å². The first-order valence-electron chi connectivity index (χ1n) is 5.93. The third-order valence-corrected chi connectivity index (χ3v) is 4.14. The average molecular weight is 274 g/mol. The molecule has 94 valence electrons. The van der Waals surface area contributed by atoms with E-state index in [0.29, 0.717) is 22.1 Å². The van der Waals surface area contributed by atoms with E-state index in [1.165, 1.54) is 0 Å². The van der Waals surface area contributed by atoms with Gasteiger partial charge in [-0.3, -0.25) is 0 Å². The van der Waals surface area contributed by atoms with Crippen molar-refractivity contribution in [3.63, 3.8) is 0 Å². The molecule has 0 bridgehead atoms. The molecule has 2 atom stereocenters. The van der Waals surface area contributed by atoms with Crippen LogP contribution in [0.1, 0.15) is 18.9 Å². The van der Waals surface area contributed by atoms with E-state index in [1.807, 2.05) is 12.1 Å². The van der Waals surface area contributed by atoms with Gasteiger partial charge in [0.2, 0.25) is 0 Å². The molecule has 17 heavy (non-hydrogen) atoms. The molecule has 0 saturated carbocycles. The minimum Gasteiger partial charge on any atom is -0.378 e. The second-order valence-electron chi connectivity index (χ2n) is 4.47. The van der Waals surface area contributed by atoms with Gasteiger partial charge < -0.3 is 10.1 Å². The molecule has 2 nitrogen and oxygen atoms in total. The quantitative estimate of drug-likeness (QED) is 0.907. The van der Waals surface area contributed by atoms with Crippen LogP contribution in [0.2, 0.25) is 10.0 Å². The Hall–Kier alpha value is -0.280. The van der Waals surface area contributed by atoms with Crippen LogP contribution in [0.5, 0.6) is 0 Å². The van der Waals surface area contributed by atoms with E-state index in [4.69, 9.17) is 27.9 Å². The third kappa shape index (κ3) is 3.35. The smallest absolute Gasteiger partial charge is 0.0637 e. The maximum Gasteiger partial charge on any atom is 0.0637 e. The van der Waals surface area contributed by atoms with Gasteiger partial charge in [0.25, 0.3) is 0 Å². The lowest BCUT2D eigenvalue weighted by atomic mass is 10.0. The molecule has 1 saturated heterocycles. The molecule has 1 aromatic carbocycles. The predicted octanol–water partition coefficient (Wildman–Crippen LogP) is 3.51. The first-order valence-corrected chi connectivity index (χ1v) is 6.69. The predicted molar refractivity (Wildman–Crippen MR) is 71.7 cm³/mol. The fraction of sp³-hybridized carbons (Fsp3) is 0.538. The molecule has 1 aliphatic heterocycles. The summed E-state index contributed by atoms with van der Waals surface area (Å²) in [4.78, 5) is 0. The van der Waals surface area contributed by atoms with E-state index >= 15 is 0 Å². The summed E-state index contributed by atoms with van der Waals surface area (Å²) in [6, 6.07) is 5.72. The van der Waals surface area contributed by atoms with Gasteiger partial charge in [0.05, 0.1) is 16.1 Å². The van der Waals surface area contributed by atoms with Gasteiger partial charge in [-0.25, -0.2) is 0 Å². The van der Waals surface area contributed by atoms with Gasteiger partial charge in [-0.05, 0) is 30.9 Å². The van der Waals surface area contributed by atoms with E-state index < -0.39 is 0 Å². The van der Waals surface area contributed by atoms with Crippen molar-refractivity contribution in [2.75, 3.05) is 13.2 Å². The summed E-state index contributed by atoms with van der Waals surface area (Å²) in [7, 11) is 0. The van der Waals surface area contributed by atoms with Crippen LogP contribution in [0.3, 0.4) is 0 Å². The van der Waals surface area contributed by atoms with Crippen molar-refractivity contribution in [1.82, 2.24) is 5.32 Å². The number of ether oxygens (including phenoxy) is 1. The normalized spacial score (nSPS) is 24.2. The standard InChI is InChI=1S/C13H17Cl2NO/c1-9-10(5-6-17-9)7-16-8-11-3-2-4-12(14)13(11)15/h2-4,9-10,16H,5-8H2,1H3. The molecule has 1 heterocycles. The second-order valence-corrected chi connectivity index (χ2v) is 5.25. The molecule has 4 heteroatoms. The first kappa shape index (κ1) is 13.2. The summed E-state index contributed by atoms with van der Waals surface area (Å²) < 4.78 is 5.52. The number of hydrogen-bond donors (Lipinski definition) is 1. The highest BCUT2D eigenvalue weighted by atomic mass is 35.5. The van der Waals surface area contributed by atoms with Crippen molar-refractivity contribution in [2.45, 2.75) is 26.0 Å². The minimum absolute atomic E-state index is 0.359. The van der Waals surface area contributed by atoms with E-state index in [0.717, 1.165) is 31.7 Å². The fourth-order valence-corrected chi connectivity index (χ4v) is 2.51. The molecule has 0 amide bonds. The van der Waals surface area contributed by atoms with Crippen LogP contribution >= 0.6 is 23.2 Å². The molecule has 1 fully saturated rings. The Balaban J connectivity index is 1.84. The maximum absolute atomic E-state index is 6.12. The molecule has 1 N–H and O–H groups in total. The molecule has 0 aliphatic carbocycles. The van der Waals surface area contributed by atoms with Crippen molar-refractivity contribution in [1.29, 1.82) is 0 Å². The minimum atomic E-state index is 0.359. The van der Waals surface area contributed by atoms with E-state index in [1.54, 1.807) is 6.07 Å². The summed E-state index contributed by atoms with van der Waals surface area (Å²) >= 11 is 12.1. The Morgan fingerprint density at radius 2 is 2.24 bits per heavy atom. The van der Waals surface area contributed by atoms with Crippen molar-refractivity contribution < 1.29 is 4.74 Å². The third-order valence-electron chi connectivity index (χ3n) is 3.29. The number of halogens is 2. The molecule has 1 aliphatic rings. The number of rotatable bonds is 4. The van der Waals surface area contributed by atoms with Crippen LogP contribution in [-0.2, 0) is 11.3 Å². The Kier molecular flexibility index (Phi) is 4.69. The van der Waals surface area contributed by atoms with Crippen molar-refractivity contribution in [3.8, 4) is 0 Å².